The van der Waals surface area contributed by atoms with Crippen molar-refractivity contribution in [2.75, 3.05) is 6.61 Å². The molecule has 10 nitrogen and oxygen atoms in total. The summed E-state index contributed by atoms with van der Waals surface area (Å²) in [6.45, 7) is 1.62. The molecule has 1 amide bonds. The predicted octanol–water partition coefficient (Wildman–Crippen LogP) is 1.81. The van der Waals surface area contributed by atoms with Crippen molar-refractivity contribution in [2.45, 2.75) is 18.9 Å². The number of nitro groups is 1. The third-order valence-corrected chi connectivity index (χ3v) is 4.75. The lowest BCUT2D eigenvalue weighted by Crippen LogP contribution is -2.47. The van der Waals surface area contributed by atoms with E-state index in [9.17, 15) is 24.9 Å². The minimum absolute atomic E-state index is 0.0287. The summed E-state index contributed by atoms with van der Waals surface area (Å²) < 4.78 is 5.35. The summed E-state index contributed by atoms with van der Waals surface area (Å²) in [6, 6.07) is 12.8. The molecule has 2 atom stereocenters. The molecule has 2 aromatic carbocycles. The van der Waals surface area contributed by atoms with Crippen LogP contribution in [0.2, 0.25) is 0 Å². The van der Waals surface area contributed by atoms with E-state index in [1.165, 1.54) is 18.2 Å². The van der Waals surface area contributed by atoms with E-state index in [0.29, 0.717) is 11.1 Å². The Balaban J connectivity index is 2.09. The van der Waals surface area contributed by atoms with Gasteiger partial charge in [0.2, 0.25) is 0 Å². The van der Waals surface area contributed by atoms with Crippen molar-refractivity contribution in [2.24, 2.45) is 5.73 Å². The molecular formula is C21H20N4O6. The lowest BCUT2D eigenvalue weighted by Gasteiger charge is -2.31. The number of nitrogens with zero attached hydrogens (tertiary/aromatic N) is 2. The van der Waals surface area contributed by atoms with Crippen molar-refractivity contribution < 1.29 is 24.0 Å². The van der Waals surface area contributed by atoms with E-state index >= 15 is 0 Å². The second kappa shape index (κ2) is 9.08. The standard InChI is InChI=1S/C21H20N4O6/c1-2-31-21(27)18-17(14-9-6-10-15(11-14)25(29)30)16(12-24(28)19(18)22)23-20(26)13-7-4-3-5-8-13/h3-12,16-17H,2,22H2,1H3,(H,23,26). The average molecular weight is 424 g/mol. The largest absolute Gasteiger partial charge is 0.711 e. The number of rotatable bonds is 6. The number of ether oxygens (including phenoxy) is 1. The van der Waals surface area contributed by atoms with Crippen LogP contribution in [0, 0.1) is 15.3 Å². The molecule has 0 saturated carbocycles. The molecule has 3 rings (SSSR count). The van der Waals surface area contributed by atoms with Crippen molar-refractivity contribution >= 4 is 23.8 Å². The highest BCUT2D eigenvalue weighted by Crippen LogP contribution is 2.34. The topological polar surface area (TPSA) is 151 Å². The highest BCUT2D eigenvalue weighted by atomic mass is 16.6. The molecule has 0 aromatic heterocycles. The quantitative estimate of drug-likeness (QED) is 0.236. The number of carbonyl (C=O) groups excluding carboxylic acids is 2. The number of benzene rings is 2. The number of nitrogens with two attached hydrogens (primary N) is 1. The number of nitrogens with one attached hydrogen (secondary N) is 1. The molecule has 0 bridgehead atoms. The van der Waals surface area contributed by atoms with E-state index < -0.39 is 34.6 Å². The fourth-order valence-corrected chi connectivity index (χ4v) is 3.36. The van der Waals surface area contributed by atoms with E-state index in [-0.39, 0.29) is 22.6 Å². The number of nitro benzene ring substituents is 1. The van der Waals surface area contributed by atoms with Crippen LogP contribution >= 0.6 is 0 Å². The van der Waals surface area contributed by atoms with Gasteiger partial charge in [0.15, 0.2) is 0 Å². The molecule has 0 spiro atoms. The minimum Gasteiger partial charge on any atom is -0.711 e. The summed E-state index contributed by atoms with van der Waals surface area (Å²) in [7, 11) is 0. The van der Waals surface area contributed by atoms with Gasteiger partial charge >= 0.3 is 5.97 Å². The lowest BCUT2D eigenvalue weighted by molar-refractivity contribution is -0.403. The summed E-state index contributed by atoms with van der Waals surface area (Å²) in [5, 5.41) is 26.4. The molecule has 0 aliphatic carbocycles. The van der Waals surface area contributed by atoms with E-state index in [2.05, 4.69) is 5.32 Å². The first-order chi connectivity index (χ1) is 14.8. The number of carbonyl (C=O) groups is 2. The Hall–Kier alpha value is -4.21. The summed E-state index contributed by atoms with van der Waals surface area (Å²) in [5.41, 5.74) is 6.17. The third kappa shape index (κ3) is 4.53. The Morgan fingerprint density at radius 1 is 1.19 bits per heavy atom. The molecule has 0 radical (unpaired) electrons. The van der Waals surface area contributed by atoms with Gasteiger partial charge < -0.3 is 15.3 Å². The van der Waals surface area contributed by atoms with Gasteiger partial charge in [-0.15, -0.1) is 0 Å². The molecule has 1 heterocycles. The van der Waals surface area contributed by atoms with Gasteiger partial charge in [0.1, 0.15) is 5.57 Å². The number of esters is 1. The van der Waals surface area contributed by atoms with Crippen molar-refractivity contribution in [3.05, 3.63) is 92.4 Å². The van der Waals surface area contributed by atoms with Crippen LogP contribution in [0.4, 0.5) is 5.69 Å². The van der Waals surface area contributed by atoms with Crippen molar-refractivity contribution in [3.63, 3.8) is 0 Å². The predicted molar refractivity (Wildman–Crippen MR) is 111 cm³/mol. The van der Waals surface area contributed by atoms with E-state index in [0.717, 1.165) is 6.21 Å². The number of hydrogen-bond donors (Lipinski definition) is 2. The maximum Gasteiger partial charge on any atom is 0.343 e. The molecule has 2 aromatic rings. The average Bonchev–Trinajstić information content (AvgIpc) is 2.76. The molecule has 10 heteroatoms. The molecular weight excluding hydrogens is 404 g/mol. The normalized spacial score (nSPS) is 18.2. The Morgan fingerprint density at radius 2 is 1.90 bits per heavy atom. The Bertz CT molecular complexity index is 1080. The van der Waals surface area contributed by atoms with Crippen LogP contribution in [0.3, 0.4) is 0 Å². The van der Waals surface area contributed by atoms with Gasteiger partial charge in [0.25, 0.3) is 17.4 Å². The zero-order chi connectivity index (χ0) is 22.5. The third-order valence-electron chi connectivity index (χ3n) is 4.75. The number of hydroxylamine groups is 1. The van der Waals surface area contributed by atoms with E-state index in [4.69, 9.17) is 10.5 Å². The Kier molecular flexibility index (Phi) is 6.29. The maximum atomic E-state index is 12.7. The van der Waals surface area contributed by atoms with E-state index in [1.54, 1.807) is 43.3 Å². The number of hydrogen-bond acceptors (Lipinski definition) is 7. The second-order valence-corrected chi connectivity index (χ2v) is 6.69. The molecule has 0 fully saturated rings. The SMILES string of the molecule is CCOC(=O)C1=C(N)[N+]([O-])=CC(NC(=O)c2ccccc2)C1c1cccc([N+](=O)[O-])c1. The van der Waals surface area contributed by atoms with Gasteiger partial charge in [-0.3, -0.25) is 20.6 Å². The summed E-state index contributed by atoms with van der Waals surface area (Å²) in [5.74, 6) is -2.71. The van der Waals surface area contributed by atoms with Gasteiger partial charge in [-0.25, -0.2) is 9.53 Å². The molecule has 1 aliphatic heterocycles. The first kappa shape index (κ1) is 21.5. The molecule has 160 valence electrons. The summed E-state index contributed by atoms with van der Waals surface area (Å²) >= 11 is 0. The summed E-state index contributed by atoms with van der Waals surface area (Å²) in [4.78, 5) is 36.1. The van der Waals surface area contributed by atoms with Crippen LogP contribution in [-0.2, 0) is 9.53 Å². The van der Waals surface area contributed by atoms with Gasteiger partial charge in [-0.2, -0.15) is 0 Å². The maximum absolute atomic E-state index is 12.7. The fraction of sp³-hybridized carbons (Fsp3) is 0.190. The zero-order valence-corrected chi connectivity index (χ0v) is 16.6. The van der Waals surface area contributed by atoms with Crippen molar-refractivity contribution in [1.82, 2.24) is 5.32 Å². The first-order valence-corrected chi connectivity index (χ1v) is 9.41. The smallest absolute Gasteiger partial charge is 0.343 e. The number of non-ortho nitro benzene ring substituents is 1. The molecule has 3 N–H and O–H groups in total. The fourth-order valence-electron chi connectivity index (χ4n) is 3.36. The van der Waals surface area contributed by atoms with E-state index in [1.807, 2.05) is 0 Å². The molecule has 0 saturated heterocycles. The molecule has 2 unspecified atom stereocenters. The Labute approximate surface area is 177 Å². The van der Waals surface area contributed by atoms with Crippen LogP contribution < -0.4 is 11.1 Å². The van der Waals surface area contributed by atoms with Crippen molar-refractivity contribution in [1.29, 1.82) is 0 Å². The molecule has 1 aliphatic rings. The summed E-state index contributed by atoms with van der Waals surface area (Å²) in [6.07, 6.45) is 1.11. The first-order valence-electron chi connectivity index (χ1n) is 9.41. The number of amides is 1. The molecule has 31 heavy (non-hydrogen) atoms. The minimum atomic E-state index is -1.01. The van der Waals surface area contributed by atoms with Crippen LogP contribution in [0.15, 0.2) is 66.0 Å². The Morgan fingerprint density at radius 3 is 2.55 bits per heavy atom. The zero-order valence-electron chi connectivity index (χ0n) is 16.6. The van der Waals surface area contributed by atoms with Crippen molar-refractivity contribution in [3.8, 4) is 0 Å². The highest BCUT2D eigenvalue weighted by molar-refractivity contribution is 5.97. The highest BCUT2D eigenvalue weighted by Gasteiger charge is 2.40. The second-order valence-electron chi connectivity index (χ2n) is 6.69. The van der Waals surface area contributed by atoms with Gasteiger partial charge in [-0.1, -0.05) is 30.3 Å². The van der Waals surface area contributed by atoms with Crippen LogP contribution in [0.1, 0.15) is 28.8 Å². The lowest BCUT2D eigenvalue weighted by atomic mass is 9.83. The monoisotopic (exact) mass is 424 g/mol. The van der Waals surface area contributed by atoms with Crippen LogP contribution in [0.5, 0.6) is 0 Å². The van der Waals surface area contributed by atoms with Crippen LogP contribution in [0.25, 0.3) is 0 Å². The van der Waals surface area contributed by atoms with Gasteiger partial charge in [0, 0.05) is 17.7 Å². The van der Waals surface area contributed by atoms with Gasteiger partial charge in [-0.05, 0) is 24.6 Å². The van der Waals surface area contributed by atoms with Crippen LogP contribution in [-0.4, -0.2) is 40.4 Å². The van der Waals surface area contributed by atoms with Gasteiger partial charge in [0.05, 0.1) is 29.7 Å².